The van der Waals surface area contributed by atoms with Gasteiger partial charge in [-0.2, -0.15) is 0 Å². The Morgan fingerprint density at radius 3 is 2.84 bits per heavy atom. The lowest BCUT2D eigenvalue weighted by Crippen LogP contribution is -2.40. The van der Waals surface area contributed by atoms with Crippen LogP contribution in [0.25, 0.3) is 0 Å². The van der Waals surface area contributed by atoms with Crippen LogP contribution in [-0.4, -0.2) is 16.8 Å². The average molecular weight is 345 g/mol. The largest absolute Gasteiger partial charge is 0.348 e. The van der Waals surface area contributed by atoms with Crippen LogP contribution < -0.4 is 5.32 Å². The minimum absolute atomic E-state index is 0.0648. The zero-order valence-corrected chi connectivity index (χ0v) is 13.4. The standard InChI is InChI=1S/C15H19BrClNO/c1-10-6-5-7-11(14(10)17)15(19)18-13-9-4-2-3-8-12(13)16/h5-7,12-13H,2-4,8-9H2,1H3,(H,18,19). The van der Waals surface area contributed by atoms with Crippen molar-refractivity contribution in [2.45, 2.75) is 49.9 Å². The first-order valence-electron chi connectivity index (χ1n) is 6.79. The van der Waals surface area contributed by atoms with E-state index in [2.05, 4.69) is 21.2 Å². The van der Waals surface area contributed by atoms with Crippen LogP contribution in [0.15, 0.2) is 18.2 Å². The molecule has 1 aromatic rings. The SMILES string of the molecule is Cc1cccc(C(=O)NC2CCCCCC2Br)c1Cl. The van der Waals surface area contributed by atoms with E-state index in [0.717, 1.165) is 18.4 Å². The van der Waals surface area contributed by atoms with Crippen molar-refractivity contribution >= 4 is 33.4 Å². The highest BCUT2D eigenvalue weighted by Gasteiger charge is 2.24. The Kier molecular flexibility index (Phi) is 5.28. The third-order valence-electron chi connectivity index (χ3n) is 3.68. The maximum Gasteiger partial charge on any atom is 0.253 e. The predicted octanol–water partition coefficient (Wildman–Crippen LogP) is 4.47. The zero-order chi connectivity index (χ0) is 13.8. The second-order valence-electron chi connectivity index (χ2n) is 5.17. The lowest BCUT2D eigenvalue weighted by Gasteiger charge is -2.22. The summed E-state index contributed by atoms with van der Waals surface area (Å²) < 4.78 is 0. The Morgan fingerprint density at radius 2 is 2.05 bits per heavy atom. The third-order valence-corrected chi connectivity index (χ3v) is 5.28. The Bertz CT molecular complexity index is 463. The highest BCUT2D eigenvalue weighted by molar-refractivity contribution is 9.09. The summed E-state index contributed by atoms with van der Waals surface area (Å²) in [6.45, 7) is 1.91. The van der Waals surface area contributed by atoms with Crippen molar-refractivity contribution < 1.29 is 4.79 Å². The molecular formula is C15H19BrClNO. The average Bonchev–Trinajstić information content (AvgIpc) is 2.58. The molecule has 0 radical (unpaired) electrons. The molecule has 0 saturated heterocycles. The summed E-state index contributed by atoms with van der Waals surface area (Å²) >= 11 is 9.89. The number of rotatable bonds is 2. The molecular weight excluding hydrogens is 326 g/mol. The normalized spacial score (nSPS) is 23.7. The van der Waals surface area contributed by atoms with Gasteiger partial charge in [0.2, 0.25) is 0 Å². The number of nitrogens with one attached hydrogen (secondary N) is 1. The van der Waals surface area contributed by atoms with Crippen LogP contribution in [0.5, 0.6) is 0 Å². The summed E-state index contributed by atoms with van der Waals surface area (Å²) in [6, 6.07) is 5.77. The fourth-order valence-electron chi connectivity index (χ4n) is 2.49. The highest BCUT2D eigenvalue weighted by Crippen LogP contribution is 2.25. The van der Waals surface area contributed by atoms with Gasteiger partial charge < -0.3 is 5.32 Å². The summed E-state index contributed by atoms with van der Waals surface area (Å²) in [6.07, 6.45) is 5.80. The van der Waals surface area contributed by atoms with Crippen molar-refractivity contribution in [2.75, 3.05) is 0 Å². The predicted molar refractivity (Wildman–Crippen MR) is 83.2 cm³/mol. The molecule has 2 unspecified atom stereocenters. The Hall–Kier alpha value is -0.540. The van der Waals surface area contributed by atoms with Gasteiger partial charge in [0.05, 0.1) is 10.6 Å². The number of carbonyl (C=O) groups excluding carboxylic acids is 1. The molecule has 1 amide bonds. The summed E-state index contributed by atoms with van der Waals surface area (Å²) in [5.74, 6) is -0.0648. The second kappa shape index (κ2) is 6.76. The van der Waals surface area contributed by atoms with Crippen LogP contribution >= 0.6 is 27.5 Å². The molecule has 0 aliphatic heterocycles. The number of hydrogen-bond acceptors (Lipinski definition) is 1. The molecule has 0 bridgehead atoms. The molecule has 1 aliphatic rings. The first-order valence-corrected chi connectivity index (χ1v) is 8.09. The fraction of sp³-hybridized carbons (Fsp3) is 0.533. The minimum Gasteiger partial charge on any atom is -0.348 e. The Morgan fingerprint density at radius 1 is 1.32 bits per heavy atom. The molecule has 1 aliphatic carbocycles. The van der Waals surface area contributed by atoms with Gasteiger partial charge in [-0.05, 0) is 31.4 Å². The summed E-state index contributed by atoms with van der Waals surface area (Å²) in [5.41, 5.74) is 1.51. The fourth-order valence-corrected chi connectivity index (χ4v) is 3.43. The van der Waals surface area contributed by atoms with E-state index in [0.29, 0.717) is 15.4 Å². The molecule has 0 heterocycles. The summed E-state index contributed by atoms with van der Waals surface area (Å²) in [5, 5.41) is 3.68. The Labute approximate surface area is 128 Å². The quantitative estimate of drug-likeness (QED) is 0.622. The van der Waals surface area contributed by atoms with Crippen LogP contribution in [0, 0.1) is 6.92 Å². The van der Waals surface area contributed by atoms with Gasteiger partial charge in [-0.15, -0.1) is 0 Å². The van der Waals surface area contributed by atoms with Crippen LogP contribution in [0.4, 0.5) is 0 Å². The number of halogens is 2. The van der Waals surface area contributed by atoms with Crippen molar-refractivity contribution in [2.24, 2.45) is 0 Å². The van der Waals surface area contributed by atoms with Crippen molar-refractivity contribution in [3.8, 4) is 0 Å². The van der Waals surface area contributed by atoms with Gasteiger partial charge in [0.25, 0.3) is 5.91 Å². The number of aryl methyl sites for hydroxylation is 1. The van der Waals surface area contributed by atoms with Gasteiger partial charge in [0, 0.05) is 10.9 Å². The van der Waals surface area contributed by atoms with Crippen LogP contribution in [0.3, 0.4) is 0 Å². The van der Waals surface area contributed by atoms with Crippen molar-refractivity contribution in [1.29, 1.82) is 0 Å². The molecule has 1 fully saturated rings. The van der Waals surface area contributed by atoms with E-state index < -0.39 is 0 Å². The zero-order valence-electron chi connectivity index (χ0n) is 11.1. The molecule has 4 heteroatoms. The molecule has 2 atom stereocenters. The molecule has 1 N–H and O–H groups in total. The van der Waals surface area contributed by atoms with Gasteiger partial charge >= 0.3 is 0 Å². The van der Waals surface area contributed by atoms with Gasteiger partial charge in [0.1, 0.15) is 0 Å². The van der Waals surface area contributed by atoms with E-state index in [1.807, 2.05) is 19.1 Å². The van der Waals surface area contributed by atoms with Crippen molar-refractivity contribution in [3.63, 3.8) is 0 Å². The molecule has 2 nitrogen and oxygen atoms in total. The van der Waals surface area contributed by atoms with E-state index in [-0.39, 0.29) is 11.9 Å². The van der Waals surface area contributed by atoms with E-state index >= 15 is 0 Å². The lowest BCUT2D eigenvalue weighted by molar-refractivity contribution is 0.0935. The van der Waals surface area contributed by atoms with Crippen LogP contribution in [0.2, 0.25) is 5.02 Å². The van der Waals surface area contributed by atoms with Crippen molar-refractivity contribution in [1.82, 2.24) is 5.32 Å². The third kappa shape index (κ3) is 3.73. The second-order valence-corrected chi connectivity index (χ2v) is 6.72. The highest BCUT2D eigenvalue weighted by atomic mass is 79.9. The van der Waals surface area contributed by atoms with Gasteiger partial charge in [-0.1, -0.05) is 58.9 Å². The lowest BCUT2D eigenvalue weighted by atomic mass is 10.1. The van der Waals surface area contributed by atoms with Gasteiger partial charge in [-0.25, -0.2) is 0 Å². The van der Waals surface area contributed by atoms with E-state index in [1.165, 1.54) is 19.3 Å². The number of alkyl halides is 1. The van der Waals surface area contributed by atoms with Gasteiger partial charge in [0.15, 0.2) is 0 Å². The summed E-state index contributed by atoms with van der Waals surface area (Å²) in [7, 11) is 0. The first kappa shape index (κ1) is 14.9. The number of amides is 1. The molecule has 1 saturated carbocycles. The summed E-state index contributed by atoms with van der Waals surface area (Å²) in [4.78, 5) is 12.7. The maximum absolute atomic E-state index is 12.3. The minimum atomic E-state index is -0.0648. The molecule has 1 aromatic carbocycles. The molecule has 19 heavy (non-hydrogen) atoms. The number of benzene rings is 1. The maximum atomic E-state index is 12.3. The van der Waals surface area contributed by atoms with E-state index in [4.69, 9.17) is 11.6 Å². The molecule has 0 aromatic heterocycles. The van der Waals surface area contributed by atoms with Crippen molar-refractivity contribution in [3.05, 3.63) is 34.3 Å². The number of carbonyl (C=O) groups is 1. The smallest absolute Gasteiger partial charge is 0.253 e. The monoisotopic (exact) mass is 343 g/mol. The Balaban J connectivity index is 2.09. The first-order chi connectivity index (χ1) is 9.09. The molecule has 0 spiro atoms. The number of hydrogen-bond donors (Lipinski definition) is 1. The van der Waals surface area contributed by atoms with E-state index in [9.17, 15) is 4.79 Å². The molecule has 2 rings (SSSR count). The van der Waals surface area contributed by atoms with E-state index in [1.54, 1.807) is 6.07 Å². The van der Waals surface area contributed by atoms with Crippen LogP contribution in [-0.2, 0) is 0 Å². The van der Waals surface area contributed by atoms with Crippen LogP contribution in [0.1, 0.15) is 48.0 Å². The van der Waals surface area contributed by atoms with Gasteiger partial charge in [-0.3, -0.25) is 4.79 Å². The topological polar surface area (TPSA) is 29.1 Å². The molecule has 104 valence electrons.